The Hall–Kier alpha value is -3.43. The molecule has 8 nitrogen and oxygen atoms in total. The van der Waals surface area contributed by atoms with Crippen LogP contribution in [-0.2, 0) is 20.8 Å². The van der Waals surface area contributed by atoms with Crippen molar-refractivity contribution in [3.63, 3.8) is 0 Å². The minimum Gasteiger partial charge on any atom is -0.480 e. The number of carbonyl (C=O) groups is 4. The summed E-state index contributed by atoms with van der Waals surface area (Å²) in [5.74, 6) is -3.19. The molecular weight excluding hydrogens is 456 g/mol. The molecule has 34 heavy (non-hydrogen) atoms. The van der Waals surface area contributed by atoms with Gasteiger partial charge in [0.05, 0.1) is 0 Å². The lowest BCUT2D eigenvalue weighted by Gasteiger charge is -2.39. The van der Waals surface area contributed by atoms with Crippen molar-refractivity contribution < 1.29 is 29.4 Å². The predicted molar refractivity (Wildman–Crippen MR) is 127 cm³/mol. The van der Waals surface area contributed by atoms with E-state index in [-0.39, 0.29) is 12.2 Å². The SMILES string of the molecule is CC(=O)c1ccc(-c2ccc(CC3(O)C4=C(CSC4)NC(=O)C3C(=O)NCC(=O)O)cc2)cc1. The molecule has 4 N–H and O–H groups in total. The van der Waals surface area contributed by atoms with E-state index in [2.05, 4.69) is 10.6 Å². The van der Waals surface area contributed by atoms with Gasteiger partial charge in [-0.15, -0.1) is 0 Å². The van der Waals surface area contributed by atoms with E-state index >= 15 is 0 Å². The van der Waals surface area contributed by atoms with Crippen molar-refractivity contribution >= 4 is 35.3 Å². The highest BCUT2D eigenvalue weighted by Gasteiger charge is 2.53. The van der Waals surface area contributed by atoms with Gasteiger partial charge >= 0.3 is 5.97 Å². The fourth-order valence-corrected chi connectivity index (χ4v) is 5.55. The lowest BCUT2D eigenvalue weighted by Crippen LogP contribution is -2.60. The molecule has 0 saturated heterocycles. The van der Waals surface area contributed by atoms with E-state index in [9.17, 15) is 24.3 Å². The minimum atomic E-state index is -1.77. The molecule has 0 saturated carbocycles. The highest BCUT2D eigenvalue weighted by atomic mass is 32.2. The largest absolute Gasteiger partial charge is 0.480 e. The molecule has 0 fully saturated rings. The van der Waals surface area contributed by atoms with Crippen molar-refractivity contribution in [3.05, 3.63) is 70.9 Å². The molecule has 2 heterocycles. The first-order chi connectivity index (χ1) is 16.2. The van der Waals surface area contributed by atoms with Crippen LogP contribution in [0.4, 0.5) is 0 Å². The summed E-state index contributed by atoms with van der Waals surface area (Å²) in [6, 6.07) is 14.7. The number of thioether (sulfide) groups is 1. The van der Waals surface area contributed by atoms with Gasteiger partial charge in [-0.2, -0.15) is 11.8 Å². The van der Waals surface area contributed by atoms with Crippen LogP contribution in [0.15, 0.2) is 59.8 Å². The molecule has 0 radical (unpaired) electrons. The van der Waals surface area contributed by atoms with Crippen LogP contribution in [0.3, 0.4) is 0 Å². The molecule has 0 bridgehead atoms. The van der Waals surface area contributed by atoms with Crippen molar-refractivity contribution in [1.82, 2.24) is 10.6 Å². The monoisotopic (exact) mass is 480 g/mol. The van der Waals surface area contributed by atoms with Gasteiger partial charge in [0, 0.05) is 29.2 Å². The van der Waals surface area contributed by atoms with Crippen LogP contribution in [-0.4, -0.2) is 57.4 Å². The van der Waals surface area contributed by atoms with Gasteiger partial charge in [-0.1, -0.05) is 48.5 Å². The quantitative estimate of drug-likeness (QED) is 0.351. The molecule has 9 heteroatoms. The summed E-state index contributed by atoms with van der Waals surface area (Å²) in [6.45, 7) is 0.870. The number of rotatable bonds is 7. The number of ketones is 1. The van der Waals surface area contributed by atoms with Gasteiger partial charge in [-0.05, 0) is 29.2 Å². The summed E-state index contributed by atoms with van der Waals surface area (Å²) in [5.41, 5.74) is 2.63. The third-order valence-corrected chi connectivity index (χ3v) is 7.11. The fourth-order valence-electron chi connectivity index (χ4n) is 4.37. The number of benzene rings is 2. The van der Waals surface area contributed by atoms with E-state index in [1.165, 1.54) is 18.7 Å². The zero-order valence-electron chi connectivity index (χ0n) is 18.5. The standard InChI is InChI=1S/C25H24N2O6S/c1-14(28)16-6-8-18(9-7-16)17-4-2-15(3-5-17)10-25(33)19-12-34-13-20(19)27-24(32)22(25)23(31)26-11-21(29)30/h2-9,22,33H,10-13H2,1H3,(H,26,31)(H,27,32)(H,29,30). The number of carboxylic acids is 1. The Labute approximate surface area is 200 Å². The van der Waals surface area contributed by atoms with E-state index in [4.69, 9.17) is 5.11 Å². The number of amides is 2. The van der Waals surface area contributed by atoms with Crippen LogP contribution < -0.4 is 10.6 Å². The molecule has 0 aliphatic carbocycles. The van der Waals surface area contributed by atoms with Crippen LogP contribution in [0.1, 0.15) is 22.8 Å². The predicted octanol–water partition coefficient (Wildman–Crippen LogP) is 1.78. The molecule has 2 aromatic carbocycles. The first-order valence-corrected chi connectivity index (χ1v) is 11.9. The van der Waals surface area contributed by atoms with Crippen molar-refractivity contribution in [2.24, 2.45) is 5.92 Å². The highest BCUT2D eigenvalue weighted by Crippen LogP contribution is 2.41. The van der Waals surface area contributed by atoms with Crippen LogP contribution in [0.2, 0.25) is 0 Å². The van der Waals surface area contributed by atoms with Gasteiger partial charge in [-0.3, -0.25) is 19.2 Å². The Balaban J connectivity index is 1.61. The zero-order valence-corrected chi connectivity index (χ0v) is 19.3. The summed E-state index contributed by atoms with van der Waals surface area (Å²) in [6.07, 6.45) is 0.0223. The molecule has 4 rings (SSSR count). The third-order valence-electron chi connectivity index (χ3n) is 6.12. The lowest BCUT2D eigenvalue weighted by molar-refractivity contribution is -0.148. The van der Waals surface area contributed by atoms with Crippen LogP contribution >= 0.6 is 11.8 Å². The maximum Gasteiger partial charge on any atom is 0.322 e. The maximum atomic E-state index is 12.8. The summed E-state index contributed by atoms with van der Waals surface area (Å²) in [5, 5.41) is 25.6. The Kier molecular flexibility index (Phi) is 6.58. The molecule has 0 aromatic heterocycles. The highest BCUT2D eigenvalue weighted by molar-refractivity contribution is 7.99. The second-order valence-electron chi connectivity index (χ2n) is 8.42. The van der Waals surface area contributed by atoms with Gasteiger partial charge in [0.25, 0.3) is 0 Å². The van der Waals surface area contributed by atoms with Crippen LogP contribution in [0.5, 0.6) is 0 Å². The first kappa shape index (κ1) is 23.7. The normalized spacial score (nSPS) is 21.6. The number of Topliss-reactive ketones (excluding diaryl/α,β-unsaturated/α-hetero) is 1. The Bertz CT molecular complexity index is 1190. The van der Waals surface area contributed by atoms with Crippen molar-refractivity contribution in [3.8, 4) is 11.1 Å². The van der Waals surface area contributed by atoms with Crippen LogP contribution in [0.25, 0.3) is 11.1 Å². The Morgan fingerprint density at radius 2 is 1.68 bits per heavy atom. The molecule has 2 unspecified atom stereocenters. The van der Waals surface area contributed by atoms with Crippen molar-refractivity contribution in [2.75, 3.05) is 18.1 Å². The molecular formula is C25H24N2O6S. The lowest BCUT2D eigenvalue weighted by atomic mass is 9.73. The molecule has 0 spiro atoms. The van der Waals surface area contributed by atoms with E-state index in [0.29, 0.717) is 28.3 Å². The average Bonchev–Trinajstić information content (AvgIpc) is 3.27. The second kappa shape index (κ2) is 9.44. The number of hydrogen-bond donors (Lipinski definition) is 4. The molecule has 176 valence electrons. The summed E-state index contributed by atoms with van der Waals surface area (Å²) in [4.78, 5) is 48.0. The summed E-state index contributed by atoms with van der Waals surface area (Å²) < 4.78 is 0. The molecule has 2 aliphatic heterocycles. The first-order valence-electron chi connectivity index (χ1n) is 10.7. The molecule has 2 aromatic rings. The fraction of sp³-hybridized carbons (Fsp3) is 0.280. The van der Waals surface area contributed by atoms with E-state index < -0.39 is 35.8 Å². The molecule has 2 atom stereocenters. The van der Waals surface area contributed by atoms with Gasteiger partial charge in [0.1, 0.15) is 18.1 Å². The van der Waals surface area contributed by atoms with Gasteiger partial charge < -0.3 is 20.8 Å². The van der Waals surface area contributed by atoms with E-state index in [1.807, 2.05) is 36.4 Å². The molecule has 2 aliphatic rings. The topological polar surface area (TPSA) is 133 Å². The van der Waals surface area contributed by atoms with Gasteiger partial charge in [0.15, 0.2) is 5.78 Å². The number of aliphatic carboxylic acids is 1. The van der Waals surface area contributed by atoms with Crippen molar-refractivity contribution in [1.29, 1.82) is 0 Å². The number of carbonyl (C=O) groups excluding carboxylic acids is 3. The van der Waals surface area contributed by atoms with Gasteiger partial charge in [-0.25, -0.2) is 0 Å². The van der Waals surface area contributed by atoms with Crippen molar-refractivity contribution in [2.45, 2.75) is 18.9 Å². The molecule has 2 amide bonds. The Morgan fingerprint density at radius 3 is 2.26 bits per heavy atom. The van der Waals surface area contributed by atoms with E-state index in [1.54, 1.807) is 12.1 Å². The maximum absolute atomic E-state index is 12.8. The smallest absolute Gasteiger partial charge is 0.322 e. The number of carboxylic acid groups (broad SMARTS) is 1. The van der Waals surface area contributed by atoms with Crippen LogP contribution in [0, 0.1) is 5.92 Å². The summed E-state index contributed by atoms with van der Waals surface area (Å²) >= 11 is 1.53. The number of hydrogen-bond acceptors (Lipinski definition) is 6. The van der Waals surface area contributed by atoms with Gasteiger partial charge in [0.2, 0.25) is 11.8 Å². The Morgan fingerprint density at radius 1 is 1.06 bits per heavy atom. The zero-order chi connectivity index (χ0) is 24.5. The third kappa shape index (κ3) is 4.62. The minimum absolute atomic E-state index is 0.00708. The average molecular weight is 481 g/mol. The summed E-state index contributed by atoms with van der Waals surface area (Å²) in [7, 11) is 0. The number of aliphatic hydroxyl groups is 1. The second-order valence-corrected chi connectivity index (χ2v) is 9.40. The van der Waals surface area contributed by atoms with E-state index in [0.717, 1.165) is 16.7 Å². The number of nitrogens with one attached hydrogen (secondary N) is 2.